The number of hydrogen-bond acceptors (Lipinski definition) is 5. The van der Waals surface area contributed by atoms with Crippen LogP contribution in [0.3, 0.4) is 0 Å². The first-order valence-corrected chi connectivity index (χ1v) is 9.77. The van der Waals surface area contributed by atoms with Gasteiger partial charge in [-0.15, -0.1) is 0 Å². The van der Waals surface area contributed by atoms with Gasteiger partial charge in [-0.1, -0.05) is 0 Å². The van der Waals surface area contributed by atoms with Crippen LogP contribution in [0, 0.1) is 5.82 Å². The van der Waals surface area contributed by atoms with E-state index < -0.39 is 27.6 Å². The summed E-state index contributed by atoms with van der Waals surface area (Å²) in [6, 6.07) is 9.30. The van der Waals surface area contributed by atoms with E-state index in [2.05, 4.69) is 0 Å². The van der Waals surface area contributed by atoms with Gasteiger partial charge in [-0.3, -0.25) is 4.79 Å². The number of rotatable bonds is 5. The second-order valence-electron chi connectivity index (χ2n) is 5.98. The van der Waals surface area contributed by atoms with Crippen molar-refractivity contribution in [3.63, 3.8) is 0 Å². The molecule has 2 aromatic rings. The molecule has 1 unspecified atom stereocenters. The van der Waals surface area contributed by atoms with Crippen LogP contribution in [0.25, 0.3) is 0 Å². The Kier molecular flexibility index (Phi) is 5.18. The Bertz CT molecular complexity index is 963. The minimum atomic E-state index is -3.40. The maximum Gasteiger partial charge on any atom is 0.259 e. The van der Waals surface area contributed by atoms with Crippen molar-refractivity contribution in [1.82, 2.24) is 0 Å². The number of amides is 1. The van der Waals surface area contributed by atoms with Crippen LogP contribution in [-0.4, -0.2) is 40.3 Å². The van der Waals surface area contributed by atoms with Gasteiger partial charge in [0, 0.05) is 22.7 Å². The van der Waals surface area contributed by atoms with Gasteiger partial charge in [0.25, 0.3) is 5.91 Å². The Hall–Kier alpha value is -2.87. The summed E-state index contributed by atoms with van der Waals surface area (Å²) in [4.78, 5) is 14.6. The van der Waals surface area contributed by atoms with Crippen LogP contribution in [0.2, 0.25) is 0 Å². The van der Waals surface area contributed by atoms with Crippen molar-refractivity contribution in [2.75, 3.05) is 24.9 Å². The smallest absolute Gasteiger partial charge is 0.259 e. The standard InChI is InChI=1S/C19H18FNO5S/c1-25-17-9-13(10-18(11-17)26-2)19(22)21(15-5-3-14(20)4-6-15)16-7-8-27(23,24)12-16/h3-11,16H,12H2,1-2H3. The van der Waals surface area contributed by atoms with E-state index in [0.717, 1.165) is 5.41 Å². The lowest BCUT2D eigenvalue weighted by Gasteiger charge is -2.28. The maximum absolute atomic E-state index is 13.3. The molecule has 3 rings (SSSR count). The average Bonchev–Trinajstić information content (AvgIpc) is 3.02. The van der Waals surface area contributed by atoms with Crippen molar-refractivity contribution in [2.45, 2.75) is 6.04 Å². The molecular formula is C19H18FNO5S. The monoisotopic (exact) mass is 391 g/mol. The zero-order valence-electron chi connectivity index (χ0n) is 14.8. The van der Waals surface area contributed by atoms with E-state index in [1.54, 1.807) is 6.07 Å². The molecule has 0 N–H and O–H groups in total. The minimum Gasteiger partial charge on any atom is -0.497 e. The summed E-state index contributed by atoms with van der Waals surface area (Å²) >= 11 is 0. The van der Waals surface area contributed by atoms with Gasteiger partial charge in [0.05, 0.1) is 26.0 Å². The lowest BCUT2D eigenvalue weighted by molar-refractivity contribution is 0.0982. The number of carbonyl (C=O) groups excluding carboxylic acids is 1. The molecule has 1 aliphatic heterocycles. The highest BCUT2D eigenvalue weighted by atomic mass is 32.2. The lowest BCUT2D eigenvalue weighted by Crippen LogP contribution is -2.41. The molecule has 1 atom stereocenters. The first-order valence-electron chi connectivity index (χ1n) is 8.06. The summed E-state index contributed by atoms with van der Waals surface area (Å²) in [6.45, 7) is 0. The first kappa shape index (κ1) is 18.9. The molecule has 142 valence electrons. The fourth-order valence-electron chi connectivity index (χ4n) is 2.85. The van der Waals surface area contributed by atoms with Crippen molar-refractivity contribution < 1.29 is 27.1 Å². The van der Waals surface area contributed by atoms with Crippen LogP contribution in [0.5, 0.6) is 11.5 Å². The Morgan fingerprint density at radius 3 is 2.15 bits per heavy atom. The molecule has 0 saturated carbocycles. The Balaban J connectivity index is 2.06. The molecule has 8 heteroatoms. The van der Waals surface area contributed by atoms with Crippen molar-refractivity contribution >= 4 is 21.4 Å². The molecular weight excluding hydrogens is 373 g/mol. The van der Waals surface area contributed by atoms with E-state index in [1.165, 1.54) is 61.6 Å². The molecule has 2 aromatic carbocycles. The minimum absolute atomic E-state index is 0.239. The topological polar surface area (TPSA) is 72.9 Å². The third kappa shape index (κ3) is 4.11. The number of anilines is 1. The van der Waals surface area contributed by atoms with Crippen molar-refractivity contribution in [2.24, 2.45) is 0 Å². The third-order valence-electron chi connectivity index (χ3n) is 4.16. The number of benzene rings is 2. The van der Waals surface area contributed by atoms with Crippen molar-refractivity contribution in [3.05, 3.63) is 65.3 Å². The third-order valence-corrected chi connectivity index (χ3v) is 5.54. The Morgan fingerprint density at radius 2 is 1.67 bits per heavy atom. The quantitative estimate of drug-likeness (QED) is 0.784. The van der Waals surface area contributed by atoms with Gasteiger partial charge in [0.15, 0.2) is 9.84 Å². The molecule has 0 aliphatic carbocycles. The first-order chi connectivity index (χ1) is 12.8. The summed E-state index contributed by atoms with van der Waals surface area (Å²) < 4.78 is 47.5. The van der Waals surface area contributed by atoms with Crippen molar-refractivity contribution in [3.8, 4) is 11.5 Å². The fraction of sp³-hybridized carbons (Fsp3) is 0.211. The molecule has 6 nitrogen and oxygen atoms in total. The lowest BCUT2D eigenvalue weighted by atomic mass is 10.1. The van der Waals surface area contributed by atoms with Crippen LogP contribution < -0.4 is 14.4 Å². The molecule has 0 fully saturated rings. The molecule has 27 heavy (non-hydrogen) atoms. The van der Waals surface area contributed by atoms with E-state index in [9.17, 15) is 17.6 Å². The zero-order valence-corrected chi connectivity index (χ0v) is 15.6. The molecule has 0 saturated heterocycles. The largest absolute Gasteiger partial charge is 0.497 e. The molecule has 0 bridgehead atoms. The van der Waals surface area contributed by atoms with E-state index in [-0.39, 0.29) is 11.3 Å². The molecule has 0 aromatic heterocycles. The number of carbonyl (C=O) groups is 1. The van der Waals surface area contributed by atoms with E-state index >= 15 is 0 Å². The van der Waals surface area contributed by atoms with Crippen LogP contribution >= 0.6 is 0 Å². The van der Waals surface area contributed by atoms with Gasteiger partial charge in [0.2, 0.25) is 0 Å². The number of halogens is 1. The average molecular weight is 391 g/mol. The predicted octanol–water partition coefficient (Wildman–Crippen LogP) is 2.80. The summed E-state index contributed by atoms with van der Waals surface area (Å²) in [5.74, 6) is -0.302. The van der Waals surface area contributed by atoms with E-state index in [0.29, 0.717) is 17.2 Å². The summed E-state index contributed by atoms with van der Waals surface area (Å²) in [5.41, 5.74) is 0.642. The predicted molar refractivity (Wildman–Crippen MR) is 99.5 cm³/mol. The highest BCUT2D eigenvalue weighted by Crippen LogP contribution is 2.28. The van der Waals surface area contributed by atoms with Crippen LogP contribution in [0.15, 0.2) is 53.9 Å². The Labute approximate surface area is 156 Å². The van der Waals surface area contributed by atoms with Gasteiger partial charge in [-0.25, -0.2) is 12.8 Å². The van der Waals surface area contributed by atoms with Crippen LogP contribution in [-0.2, 0) is 9.84 Å². The summed E-state index contributed by atoms with van der Waals surface area (Å²) in [7, 11) is -0.465. The van der Waals surface area contributed by atoms with Crippen LogP contribution in [0.1, 0.15) is 10.4 Å². The molecule has 1 heterocycles. The molecule has 1 aliphatic rings. The number of sulfone groups is 1. The van der Waals surface area contributed by atoms with Gasteiger partial charge in [-0.2, -0.15) is 0 Å². The van der Waals surface area contributed by atoms with Gasteiger partial charge >= 0.3 is 0 Å². The second kappa shape index (κ2) is 7.40. The van der Waals surface area contributed by atoms with Crippen LogP contribution in [0.4, 0.5) is 10.1 Å². The molecule has 0 spiro atoms. The highest BCUT2D eigenvalue weighted by Gasteiger charge is 2.32. The van der Waals surface area contributed by atoms with Gasteiger partial charge in [-0.05, 0) is 42.5 Å². The normalized spacial score (nSPS) is 17.5. The number of nitrogens with zero attached hydrogens (tertiary/aromatic N) is 1. The van der Waals surface area contributed by atoms with E-state index in [4.69, 9.17) is 9.47 Å². The molecule has 1 amide bonds. The SMILES string of the molecule is COc1cc(OC)cc(C(=O)N(c2ccc(F)cc2)C2C=CS(=O)(=O)C2)c1. The zero-order chi connectivity index (χ0) is 19.6. The van der Waals surface area contributed by atoms with E-state index in [1.807, 2.05) is 0 Å². The van der Waals surface area contributed by atoms with Gasteiger partial charge in [0.1, 0.15) is 17.3 Å². The summed E-state index contributed by atoms with van der Waals surface area (Å²) in [6.07, 6.45) is 1.45. The highest BCUT2D eigenvalue weighted by molar-refractivity contribution is 7.94. The maximum atomic E-state index is 13.3. The summed E-state index contributed by atoms with van der Waals surface area (Å²) in [5, 5.41) is 1.09. The second-order valence-corrected chi connectivity index (χ2v) is 7.91. The molecule has 0 radical (unpaired) electrons. The van der Waals surface area contributed by atoms with Gasteiger partial charge < -0.3 is 14.4 Å². The number of hydrogen-bond donors (Lipinski definition) is 0. The number of methoxy groups -OCH3 is 2. The fourth-order valence-corrected chi connectivity index (χ4v) is 4.12. The van der Waals surface area contributed by atoms with Crippen molar-refractivity contribution in [1.29, 1.82) is 0 Å². The number of ether oxygens (including phenoxy) is 2. The Morgan fingerprint density at radius 1 is 1.07 bits per heavy atom.